The number of carboxylic acid groups (broad SMARTS) is 1. The Morgan fingerprint density at radius 2 is 1.81 bits per heavy atom. The molecule has 4 aliphatic carbocycles. The van der Waals surface area contributed by atoms with Crippen molar-refractivity contribution < 1.29 is 24.5 Å². The van der Waals surface area contributed by atoms with Crippen molar-refractivity contribution >= 4 is 11.8 Å². The summed E-state index contributed by atoms with van der Waals surface area (Å²) in [7, 11) is 0. The van der Waals surface area contributed by atoms with E-state index in [0.29, 0.717) is 30.1 Å². The number of ketones is 1. The molecule has 0 spiro atoms. The van der Waals surface area contributed by atoms with E-state index in [0.717, 1.165) is 62.5 Å². The van der Waals surface area contributed by atoms with E-state index in [4.69, 9.17) is 4.74 Å². The van der Waals surface area contributed by atoms with E-state index in [9.17, 15) is 19.8 Å². The van der Waals surface area contributed by atoms with Crippen LogP contribution in [0.5, 0.6) is 0 Å². The summed E-state index contributed by atoms with van der Waals surface area (Å²) in [6, 6.07) is 5.14. The number of aromatic carboxylic acids is 1. The largest absolute Gasteiger partial charge is 0.478 e. The van der Waals surface area contributed by atoms with Crippen molar-refractivity contribution in [3.63, 3.8) is 0 Å². The number of hydrogen-bond acceptors (Lipinski definition) is 4. The average molecular weight is 509 g/mol. The zero-order chi connectivity index (χ0) is 26.8. The normalized spacial score (nSPS) is 40.8. The number of hydrogen-bond donors (Lipinski definition) is 2. The first-order chi connectivity index (χ1) is 17.5. The zero-order valence-electron chi connectivity index (χ0n) is 23.2. The van der Waals surface area contributed by atoms with E-state index < -0.39 is 12.1 Å². The fraction of sp³-hybridized carbons (Fsp3) is 0.688. The Morgan fingerprint density at radius 1 is 1.08 bits per heavy atom. The summed E-state index contributed by atoms with van der Waals surface area (Å²) >= 11 is 0. The number of Topliss-reactive ketones (excluding diaryl/α,β-unsaturated/α-hetero) is 1. The van der Waals surface area contributed by atoms with Crippen molar-refractivity contribution in [3.8, 4) is 0 Å². The molecule has 0 bridgehead atoms. The summed E-state index contributed by atoms with van der Waals surface area (Å²) in [5.74, 6) is 1.17. The van der Waals surface area contributed by atoms with Crippen LogP contribution < -0.4 is 0 Å². The van der Waals surface area contributed by atoms with Crippen molar-refractivity contribution in [1.82, 2.24) is 0 Å². The molecule has 8 atom stereocenters. The van der Waals surface area contributed by atoms with Crippen LogP contribution in [0.1, 0.15) is 101 Å². The van der Waals surface area contributed by atoms with E-state index >= 15 is 0 Å². The molecule has 37 heavy (non-hydrogen) atoms. The molecule has 5 heteroatoms. The minimum atomic E-state index is -0.929. The monoisotopic (exact) mass is 508 g/mol. The van der Waals surface area contributed by atoms with Gasteiger partial charge in [0.2, 0.25) is 0 Å². The molecule has 4 unspecified atom stereocenters. The summed E-state index contributed by atoms with van der Waals surface area (Å²) in [5, 5.41) is 20.3. The second-order valence-corrected chi connectivity index (χ2v) is 13.0. The molecule has 0 aromatic heterocycles. The number of carbonyl (C=O) groups excluding carboxylic acids is 1. The molecular formula is C32H44O5. The minimum absolute atomic E-state index is 0.00401. The van der Waals surface area contributed by atoms with Gasteiger partial charge >= 0.3 is 5.97 Å². The van der Waals surface area contributed by atoms with Gasteiger partial charge < -0.3 is 14.9 Å². The molecule has 4 aliphatic rings. The smallest absolute Gasteiger partial charge is 0.335 e. The third-order valence-corrected chi connectivity index (χ3v) is 11.8. The van der Waals surface area contributed by atoms with Gasteiger partial charge in [-0.1, -0.05) is 32.9 Å². The third-order valence-electron chi connectivity index (χ3n) is 11.8. The van der Waals surface area contributed by atoms with Crippen LogP contribution in [0.15, 0.2) is 29.8 Å². The fourth-order valence-electron chi connectivity index (χ4n) is 9.61. The number of rotatable bonds is 6. The van der Waals surface area contributed by atoms with Gasteiger partial charge in [-0.05, 0) is 123 Å². The molecule has 0 heterocycles. The summed E-state index contributed by atoms with van der Waals surface area (Å²) in [6.45, 7) is 11.1. The summed E-state index contributed by atoms with van der Waals surface area (Å²) in [6.07, 6.45) is 9.61. The van der Waals surface area contributed by atoms with Crippen LogP contribution in [-0.2, 0) is 16.1 Å². The lowest BCUT2D eigenvalue weighted by atomic mass is 9.45. The Bertz CT molecular complexity index is 1120. The number of aliphatic hydroxyl groups excluding tert-OH is 1. The molecule has 0 radical (unpaired) electrons. The Morgan fingerprint density at radius 3 is 2.46 bits per heavy atom. The van der Waals surface area contributed by atoms with Crippen LogP contribution in [-0.4, -0.2) is 34.2 Å². The van der Waals surface area contributed by atoms with Gasteiger partial charge in [-0.2, -0.15) is 0 Å². The topological polar surface area (TPSA) is 83.8 Å². The number of aliphatic hydroxyl groups is 1. The van der Waals surface area contributed by atoms with Gasteiger partial charge in [0.1, 0.15) is 11.9 Å². The highest BCUT2D eigenvalue weighted by Gasteiger charge is 2.65. The van der Waals surface area contributed by atoms with E-state index in [2.05, 4.69) is 26.8 Å². The van der Waals surface area contributed by atoms with Gasteiger partial charge in [0.05, 0.1) is 18.3 Å². The van der Waals surface area contributed by atoms with Gasteiger partial charge in [-0.15, -0.1) is 0 Å². The molecule has 3 saturated carbocycles. The number of benzene rings is 1. The number of aryl methyl sites for hydroxylation is 1. The summed E-state index contributed by atoms with van der Waals surface area (Å²) in [5.41, 5.74) is 3.31. The maximum atomic E-state index is 13.0. The van der Waals surface area contributed by atoms with E-state index in [1.807, 2.05) is 19.9 Å². The molecule has 0 saturated heterocycles. The maximum Gasteiger partial charge on any atom is 0.335 e. The second kappa shape index (κ2) is 9.34. The standard InChI is InChI=1S/C32H44O5/c1-6-32(20(3)33)16-12-25-23-9-10-26-28(37-18-22-8-7-21(29(35)36)17-19(22)2)27(34)13-14-30(26,4)24(23)11-15-31(25,32)5/h7-8,10,17,23-25,27-28,34H,6,9,11-16,18H2,1-5H3,(H,35,36)/t23?,24?,25?,27-,28?,30+,31-,32+/m0/s1. The van der Waals surface area contributed by atoms with Gasteiger partial charge in [0, 0.05) is 5.41 Å². The molecule has 1 aromatic rings. The predicted octanol–water partition coefficient (Wildman–Crippen LogP) is 6.50. The highest BCUT2D eigenvalue weighted by molar-refractivity contribution is 5.87. The van der Waals surface area contributed by atoms with Crippen LogP contribution in [0.4, 0.5) is 0 Å². The van der Waals surface area contributed by atoms with Crippen molar-refractivity contribution in [3.05, 3.63) is 46.5 Å². The highest BCUT2D eigenvalue weighted by Crippen LogP contribution is 2.70. The van der Waals surface area contributed by atoms with Crippen molar-refractivity contribution in [2.75, 3.05) is 0 Å². The Labute approximate surface area is 221 Å². The van der Waals surface area contributed by atoms with E-state index in [-0.39, 0.29) is 27.9 Å². The molecule has 5 rings (SSSR count). The third kappa shape index (κ3) is 3.86. The van der Waals surface area contributed by atoms with Crippen molar-refractivity contribution in [1.29, 1.82) is 0 Å². The highest BCUT2D eigenvalue weighted by atomic mass is 16.5. The average Bonchev–Trinajstić information content (AvgIpc) is 3.17. The first-order valence-electron chi connectivity index (χ1n) is 14.3. The molecular weight excluding hydrogens is 464 g/mol. The van der Waals surface area contributed by atoms with Crippen LogP contribution in [0.25, 0.3) is 0 Å². The Hall–Kier alpha value is -1.98. The van der Waals surface area contributed by atoms with Crippen LogP contribution in [0, 0.1) is 40.9 Å². The van der Waals surface area contributed by atoms with Crippen molar-refractivity contribution in [2.45, 2.75) is 105 Å². The Kier molecular flexibility index (Phi) is 6.72. The molecule has 1 aromatic carbocycles. The lowest BCUT2D eigenvalue weighted by molar-refractivity contribution is -0.142. The number of fused-ring (bicyclic) bond motifs is 5. The van der Waals surface area contributed by atoms with Gasteiger partial charge in [-0.25, -0.2) is 4.79 Å². The fourth-order valence-corrected chi connectivity index (χ4v) is 9.61. The quantitative estimate of drug-likeness (QED) is 0.429. The van der Waals surface area contributed by atoms with E-state index in [1.54, 1.807) is 12.1 Å². The molecule has 5 nitrogen and oxygen atoms in total. The number of ether oxygens (including phenoxy) is 1. The summed E-state index contributed by atoms with van der Waals surface area (Å²) in [4.78, 5) is 24.3. The molecule has 202 valence electrons. The number of carbonyl (C=O) groups is 2. The predicted molar refractivity (Wildman–Crippen MR) is 143 cm³/mol. The lowest BCUT2D eigenvalue weighted by Crippen LogP contribution is -2.56. The maximum absolute atomic E-state index is 13.0. The van der Waals surface area contributed by atoms with Gasteiger partial charge in [-0.3, -0.25) is 4.79 Å². The van der Waals surface area contributed by atoms with Crippen molar-refractivity contribution in [2.24, 2.45) is 34.0 Å². The SMILES string of the molecule is CC[C@]1(C(C)=O)CCC2C3CC=C4C(OCc5ccc(C(=O)O)cc5C)[C@@H](O)CC[C@]4(C)C3CC[C@@]21C. The van der Waals surface area contributed by atoms with E-state index in [1.165, 1.54) is 5.57 Å². The summed E-state index contributed by atoms with van der Waals surface area (Å²) < 4.78 is 6.45. The van der Waals surface area contributed by atoms with Crippen LogP contribution >= 0.6 is 0 Å². The second-order valence-electron chi connectivity index (χ2n) is 13.0. The van der Waals surface area contributed by atoms with Gasteiger partial charge in [0.15, 0.2) is 0 Å². The minimum Gasteiger partial charge on any atom is -0.478 e. The van der Waals surface area contributed by atoms with Gasteiger partial charge in [0.25, 0.3) is 0 Å². The van der Waals surface area contributed by atoms with Crippen LogP contribution in [0.3, 0.4) is 0 Å². The number of allylic oxidation sites excluding steroid dienone is 1. The number of carboxylic acids is 1. The van der Waals surface area contributed by atoms with Crippen LogP contribution in [0.2, 0.25) is 0 Å². The lowest BCUT2D eigenvalue weighted by Gasteiger charge is -2.60. The molecule has 0 amide bonds. The Balaban J connectivity index is 1.40. The molecule has 0 aliphatic heterocycles. The zero-order valence-corrected chi connectivity index (χ0v) is 23.2. The molecule has 3 fully saturated rings. The first-order valence-corrected chi connectivity index (χ1v) is 14.3. The first kappa shape index (κ1) is 26.6. The molecule has 2 N–H and O–H groups in total.